The van der Waals surface area contributed by atoms with Crippen LogP contribution < -0.4 is 5.73 Å². The molecule has 2 aromatic rings. The van der Waals surface area contributed by atoms with Crippen LogP contribution in [-0.2, 0) is 11.2 Å². The van der Waals surface area contributed by atoms with Crippen molar-refractivity contribution in [1.29, 1.82) is 5.26 Å². The second-order valence-electron chi connectivity index (χ2n) is 6.47. The number of fused-ring (bicyclic) bond motifs is 1. The molecule has 2 aromatic carbocycles. The maximum Gasteiger partial charge on any atom is 0.229 e. The SMILES string of the molecule is CCc1ccc([C@@H]2C(C#N)=C(N)OC3=C2C(=O)c2ccccc2C3=O)cc1. The molecule has 0 bridgehead atoms. The molecule has 2 N–H and O–H groups in total. The van der Waals surface area contributed by atoms with Crippen LogP contribution in [-0.4, -0.2) is 11.6 Å². The molecule has 1 heterocycles. The molecule has 132 valence electrons. The minimum atomic E-state index is -0.727. The van der Waals surface area contributed by atoms with E-state index in [1.807, 2.05) is 31.2 Å². The number of aryl methyl sites for hydroxylation is 1. The highest BCUT2D eigenvalue weighted by Crippen LogP contribution is 2.43. The third-order valence-electron chi connectivity index (χ3n) is 5.01. The smallest absolute Gasteiger partial charge is 0.229 e. The number of nitrogens with two attached hydrogens (primary N) is 1. The van der Waals surface area contributed by atoms with E-state index in [9.17, 15) is 14.9 Å². The van der Waals surface area contributed by atoms with Gasteiger partial charge in [-0.1, -0.05) is 55.5 Å². The zero-order chi connectivity index (χ0) is 19.1. The largest absolute Gasteiger partial charge is 0.436 e. The maximum absolute atomic E-state index is 13.2. The van der Waals surface area contributed by atoms with Gasteiger partial charge in [-0.05, 0) is 17.5 Å². The van der Waals surface area contributed by atoms with Gasteiger partial charge >= 0.3 is 0 Å². The molecule has 4 rings (SSSR count). The van der Waals surface area contributed by atoms with Gasteiger partial charge < -0.3 is 10.5 Å². The topological polar surface area (TPSA) is 93.2 Å². The summed E-state index contributed by atoms with van der Waals surface area (Å²) in [5, 5.41) is 9.64. The fraction of sp³-hybridized carbons (Fsp3) is 0.136. The quantitative estimate of drug-likeness (QED) is 0.890. The summed E-state index contributed by atoms with van der Waals surface area (Å²) in [5.41, 5.74) is 8.72. The van der Waals surface area contributed by atoms with Crippen LogP contribution in [0.2, 0.25) is 0 Å². The number of carbonyl (C=O) groups excluding carboxylic acids is 2. The van der Waals surface area contributed by atoms with Crippen LogP contribution in [0.15, 0.2) is 71.3 Å². The summed E-state index contributed by atoms with van der Waals surface area (Å²) in [7, 11) is 0. The number of hydrogen-bond donors (Lipinski definition) is 1. The molecule has 1 atom stereocenters. The number of nitriles is 1. The molecule has 0 spiro atoms. The highest BCUT2D eigenvalue weighted by Gasteiger charge is 2.43. The lowest BCUT2D eigenvalue weighted by Gasteiger charge is -2.31. The first-order chi connectivity index (χ1) is 13.1. The van der Waals surface area contributed by atoms with Crippen molar-refractivity contribution in [3.63, 3.8) is 0 Å². The van der Waals surface area contributed by atoms with Crippen LogP contribution in [0.4, 0.5) is 0 Å². The zero-order valence-corrected chi connectivity index (χ0v) is 14.7. The Kier molecular flexibility index (Phi) is 3.89. The highest BCUT2D eigenvalue weighted by molar-refractivity contribution is 6.27. The Morgan fingerprint density at radius 1 is 1.04 bits per heavy atom. The van der Waals surface area contributed by atoms with Crippen LogP contribution in [0.3, 0.4) is 0 Å². The summed E-state index contributed by atoms with van der Waals surface area (Å²) < 4.78 is 5.47. The number of allylic oxidation sites excluding steroid dienone is 3. The van der Waals surface area contributed by atoms with Gasteiger partial charge in [0.15, 0.2) is 11.5 Å². The van der Waals surface area contributed by atoms with Crippen molar-refractivity contribution in [3.05, 3.63) is 93.6 Å². The van der Waals surface area contributed by atoms with Gasteiger partial charge in [-0.3, -0.25) is 9.59 Å². The number of rotatable bonds is 2. The molecule has 27 heavy (non-hydrogen) atoms. The Balaban J connectivity index is 1.94. The van der Waals surface area contributed by atoms with Crippen LogP contribution in [0.25, 0.3) is 0 Å². The number of Topliss-reactive ketones (excluding diaryl/α,β-unsaturated/α-hetero) is 2. The van der Waals surface area contributed by atoms with E-state index in [4.69, 9.17) is 10.5 Å². The Labute approximate surface area is 156 Å². The average Bonchev–Trinajstić information content (AvgIpc) is 2.71. The molecule has 5 nitrogen and oxygen atoms in total. The van der Waals surface area contributed by atoms with Crippen molar-refractivity contribution in [2.24, 2.45) is 5.73 Å². The summed E-state index contributed by atoms with van der Waals surface area (Å²) in [6, 6.07) is 16.3. The standard InChI is InChI=1S/C22H16N2O3/c1-2-12-7-9-13(10-8-12)17-16(11-23)22(24)27-21-18(17)19(25)14-5-3-4-6-15(14)20(21)26/h3-10,17H,2,24H2,1H3/t17-/m1/s1. The van der Waals surface area contributed by atoms with Crippen molar-refractivity contribution in [2.45, 2.75) is 19.3 Å². The number of ether oxygens (including phenoxy) is 1. The van der Waals surface area contributed by atoms with Gasteiger partial charge in [0.2, 0.25) is 11.7 Å². The number of benzene rings is 2. The van der Waals surface area contributed by atoms with Crippen molar-refractivity contribution in [2.75, 3.05) is 0 Å². The third-order valence-corrected chi connectivity index (χ3v) is 5.01. The van der Waals surface area contributed by atoms with Crippen molar-refractivity contribution in [1.82, 2.24) is 0 Å². The summed E-state index contributed by atoms with van der Waals surface area (Å²) in [6.45, 7) is 2.04. The van der Waals surface area contributed by atoms with Gasteiger partial charge in [-0.2, -0.15) is 5.26 Å². The fourth-order valence-corrected chi connectivity index (χ4v) is 3.59. The normalized spacial score (nSPS) is 18.6. The van der Waals surface area contributed by atoms with Gasteiger partial charge in [0.1, 0.15) is 11.6 Å². The lowest BCUT2D eigenvalue weighted by molar-refractivity contribution is 0.0897. The Morgan fingerprint density at radius 2 is 1.67 bits per heavy atom. The lowest BCUT2D eigenvalue weighted by atomic mass is 9.75. The molecular formula is C22H16N2O3. The van der Waals surface area contributed by atoms with Crippen molar-refractivity contribution < 1.29 is 14.3 Å². The van der Waals surface area contributed by atoms with E-state index in [0.29, 0.717) is 5.56 Å². The Bertz CT molecular complexity index is 1090. The molecule has 0 radical (unpaired) electrons. The summed E-state index contributed by atoms with van der Waals surface area (Å²) in [5.74, 6) is -1.66. The van der Waals surface area contributed by atoms with Crippen LogP contribution in [0.1, 0.15) is 44.7 Å². The number of ketones is 2. The number of hydrogen-bond acceptors (Lipinski definition) is 5. The number of nitrogens with zero attached hydrogens (tertiary/aromatic N) is 1. The third kappa shape index (κ3) is 2.46. The van der Waals surface area contributed by atoms with E-state index in [2.05, 4.69) is 6.07 Å². The van der Waals surface area contributed by atoms with E-state index >= 15 is 0 Å². The predicted octanol–water partition coefficient (Wildman–Crippen LogP) is 3.39. The zero-order valence-electron chi connectivity index (χ0n) is 14.7. The minimum absolute atomic E-state index is 0.0835. The first-order valence-electron chi connectivity index (χ1n) is 8.65. The fourth-order valence-electron chi connectivity index (χ4n) is 3.59. The highest BCUT2D eigenvalue weighted by atomic mass is 16.5. The van der Waals surface area contributed by atoms with Gasteiger partial charge in [-0.25, -0.2) is 0 Å². The summed E-state index contributed by atoms with van der Waals surface area (Å²) >= 11 is 0. The van der Waals surface area contributed by atoms with Gasteiger partial charge in [-0.15, -0.1) is 0 Å². The van der Waals surface area contributed by atoms with Crippen LogP contribution in [0.5, 0.6) is 0 Å². The molecule has 2 aliphatic rings. The Morgan fingerprint density at radius 3 is 2.26 bits per heavy atom. The maximum atomic E-state index is 13.2. The van der Waals surface area contributed by atoms with Crippen LogP contribution >= 0.6 is 0 Å². The molecule has 1 aliphatic carbocycles. The molecule has 0 unspecified atom stereocenters. The molecule has 0 fully saturated rings. The first-order valence-corrected chi connectivity index (χ1v) is 8.65. The monoisotopic (exact) mass is 356 g/mol. The minimum Gasteiger partial charge on any atom is -0.436 e. The lowest BCUT2D eigenvalue weighted by Crippen LogP contribution is -2.32. The van der Waals surface area contributed by atoms with Gasteiger partial charge in [0, 0.05) is 11.1 Å². The Hall–Kier alpha value is -3.65. The summed E-state index contributed by atoms with van der Waals surface area (Å²) in [4.78, 5) is 26.1. The molecule has 0 amide bonds. The second kappa shape index (κ2) is 6.26. The van der Waals surface area contributed by atoms with E-state index in [1.54, 1.807) is 24.3 Å². The predicted molar refractivity (Wildman–Crippen MR) is 98.6 cm³/mol. The molecular weight excluding hydrogens is 340 g/mol. The molecule has 0 saturated heterocycles. The molecule has 5 heteroatoms. The second-order valence-corrected chi connectivity index (χ2v) is 6.47. The van der Waals surface area contributed by atoms with Gasteiger partial charge in [0.25, 0.3) is 0 Å². The molecule has 0 saturated carbocycles. The average molecular weight is 356 g/mol. The summed E-state index contributed by atoms with van der Waals surface area (Å²) in [6.07, 6.45) is 0.871. The van der Waals surface area contributed by atoms with E-state index in [-0.39, 0.29) is 34.1 Å². The molecule has 0 aromatic heterocycles. The number of carbonyl (C=O) groups is 2. The van der Waals surface area contributed by atoms with E-state index in [0.717, 1.165) is 17.5 Å². The van der Waals surface area contributed by atoms with Crippen molar-refractivity contribution in [3.8, 4) is 6.07 Å². The van der Waals surface area contributed by atoms with Gasteiger partial charge in [0.05, 0.1) is 11.5 Å². The first kappa shape index (κ1) is 16.8. The van der Waals surface area contributed by atoms with Crippen molar-refractivity contribution >= 4 is 11.6 Å². The molecule has 1 aliphatic heterocycles. The van der Waals surface area contributed by atoms with E-state index < -0.39 is 11.7 Å². The van der Waals surface area contributed by atoms with E-state index in [1.165, 1.54) is 0 Å². The van der Waals surface area contributed by atoms with Crippen LogP contribution in [0, 0.1) is 11.3 Å².